The van der Waals surface area contributed by atoms with Crippen molar-refractivity contribution >= 4 is 28.4 Å². The van der Waals surface area contributed by atoms with Gasteiger partial charge >= 0.3 is 0 Å². The Morgan fingerprint density at radius 1 is 1.38 bits per heavy atom. The van der Waals surface area contributed by atoms with Crippen LogP contribution in [0.2, 0.25) is 5.02 Å². The first-order valence-corrected chi connectivity index (χ1v) is 8.40. The zero-order chi connectivity index (χ0) is 19.1. The van der Waals surface area contributed by atoms with Crippen LogP contribution in [0.1, 0.15) is 29.9 Å². The summed E-state index contributed by atoms with van der Waals surface area (Å²) in [5.74, 6) is -0.850. The molecule has 0 saturated heterocycles. The molecule has 2 heterocycles. The van der Waals surface area contributed by atoms with E-state index in [0.29, 0.717) is 28.8 Å². The van der Waals surface area contributed by atoms with E-state index >= 15 is 0 Å². The number of nitrogens with two attached hydrogens (primary N) is 1. The van der Waals surface area contributed by atoms with Gasteiger partial charge in [0, 0.05) is 23.0 Å². The third-order valence-electron chi connectivity index (χ3n) is 3.93. The van der Waals surface area contributed by atoms with Gasteiger partial charge in [0.2, 0.25) is 0 Å². The molecule has 136 valence electrons. The predicted molar refractivity (Wildman–Crippen MR) is 99.6 cm³/mol. The molecule has 3 rings (SSSR count). The van der Waals surface area contributed by atoms with Gasteiger partial charge in [0.15, 0.2) is 0 Å². The first kappa shape index (κ1) is 18.3. The van der Waals surface area contributed by atoms with Crippen molar-refractivity contribution in [3.63, 3.8) is 0 Å². The fourth-order valence-corrected chi connectivity index (χ4v) is 2.74. The molecule has 0 spiro atoms. The summed E-state index contributed by atoms with van der Waals surface area (Å²) in [6.45, 7) is 5.77. The molecular formula is C18H19ClFN5O. The highest BCUT2D eigenvalue weighted by molar-refractivity contribution is 6.31. The lowest BCUT2D eigenvalue weighted by molar-refractivity contribution is 0.0940. The Bertz CT molecular complexity index is 993. The second kappa shape index (κ2) is 6.66. The normalized spacial score (nSPS) is 11.8. The van der Waals surface area contributed by atoms with Crippen molar-refractivity contribution in [1.82, 2.24) is 20.3 Å². The van der Waals surface area contributed by atoms with E-state index in [1.165, 1.54) is 18.3 Å². The van der Waals surface area contributed by atoms with Crippen LogP contribution in [-0.2, 0) is 0 Å². The number of hydrogen-bond donors (Lipinski definition) is 3. The second-order valence-corrected chi connectivity index (χ2v) is 7.30. The molecule has 3 aromatic rings. The summed E-state index contributed by atoms with van der Waals surface area (Å²) in [5.41, 5.74) is 8.14. The van der Waals surface area contributed by atoms with Gasteiger partial charge in [-0.3, -0.25) is 9.78 Å². The number of H-pyrrole nitrogens is 1. The number of aryl methyl sites for hydroxylation is 1. The maximum atomic E-state index is 13.8. The van der Waals surface area contributed by atoms with Crippen LogP contribution < -0.4 is 11.1 Å². The average molecular weight is 376 g/mol. The van der Waals surface area contributed by atoms with Gasteiger partial charge in [-0.15, -0.1) is 0 Å². The van der Waals surface area contributed by atoms with Gasteiger partial charge in [-0.1, -0.05) is 11.6 Å². The number of nitrogens with one attached hydrogen (secondary N) is 2. The molecule has 0 aliphatic heterocycles. The lowest BCUT2D eigenvalue weighted by Crippen LogP contribution is -2.45. The minimum atomic E-state index is -0.530. The molecule has 0 atom stereocenters. The lowest BCUT2D eigenvalue weighted by Gasteiger charge is -2.18. The number of halogens is 2. The van der Waals surface area contributed by atoms with E-state index in [9.17, 15) is 9.18 Å². The number of carbonyl (C=O) groups excluding carboxylic acids is 1. The molecule has 0 aliphatic rings. The lowest BCUT2D eigenvalue weighted by atomic mass is 10.1. The van der Waals surface area contributed by atoms with E-state index in [0.717, 1.165) is 5.56 Å². The topological polar surface area (TPSA) is 96.7 Å². The maximum absolute atomic E-state index is 13.8. The van der Waals surface area contributed by atoms with E-state index in [1.54, 1.807) is 6.20 Å². The predicted octanol–water partition coefficient (Wildman–Crippen LogP) is 3.19. The Morgan fingerprint density at radius 3 is 2.81 bits per heavy atom. The second-order valence-electron chi connectivity index (χ2n) is 6.90. The highest BCUT2D eigenvalue weighted by atomic mass is 35.5. The van der Waals surface area contributed by atoms with Crippen LogP contribution in [0.3, 0.4) is 0 Å². The number of benzene rings is 1. The van der Waals surface area contributed by atoms with Crippen LogP contribution in [0.5, 0.6) is 0 Å². The summed E-state index contributed by atoms with van der Waals surface area (Å²) in [4.78, 5) is 23.9. The van der Waals surface area contributed by atoms with Crippen molar-refractivity contribution < 1.29 is 9.18 Å². The van der Waals surface area contributed by atoms with Gasteiger partial charge in [-0.2, -0.15) is 0 Å². The molecule has 0 unspecified atom stereocenters. The molecule has 0 fully saturated rings. The molecule has 6 nitrogen and oxygen atoms in total. The van der Waals surface area contributed by atoms with Gasteiger partial charge in [0.05, 0.1) is 23.1 Å². The maximum Gasteiger partial charge on any atom is 0.271 e. The van der Waals surface area contributed by atoms with E-state index in [1.807, 2.05) is 20.8 Å². The molecule has 1 aromatic carbocycles. The average Bonchev–Trinajstić information content (AvgIpc) is 2.89. The van der Waals surface area contributed by atoms with Crippen LogP contribution in [-0.4, -0.2) is 32.9 Å². The molecule has 0 bridgehead atoms. The van der Waals surface area contributed by atoms with Crippen LogP contribution in [0.25, 0.3) is 22.3 Å². The van der Waals surface area contributed by atoms with E-state index < -0.39 is 11.4 Å². The Hall–Kier alpha value is -2.51. The van der Waals surface area contributed by atoms with Crippen LogP contribution in [0.15, 0.2) is 24.5 Å². The Balaban J connectivity index is 1.97. The Morgan fingerprint density at radius 2 is 2.12 bits per heavy atom. The molecule has 0 saturated carbocycles. The first-order chi connectivity index (χ1) is 12.2. The van der Waals surface area contributed by atoms with Gasteiger partial charge in [-0.25, -0.2) is 9.37 Å². The largest absolute Gasteiger partial charge is 0.353 e. The number of fused-ring (bicyclic) bond motifs is 1. The minimum Gasteiger partial charge on any atom is -0.353 e. The summed E-state index contributed by atoms with van der Waals surface area (Å²) >= 11 is 5.85. The van der Waals surface area contributed by atoms with Gasteiger partial charge in [0.1, 0.15) is 17.2 Å². The van der Waals surface area contributed by atoms with Crippen molar-refractivity contribution in [1.29, 1.82) is 0 Å². The van der Waals surface area contributed by atoms with E-state index in [4.69, 9.17) is 17.3 Å². The van der Waals surface area contributed by atoms with Crippen LogP contribution in [0.4, 0.5) is 4.39 Å². The summed E-state index contributed by atoms with van der Waals surface area (Å²) in [7, 11) is 0. The third-order valence-corrected chi connectivity index (χ3v) is 4.22. The first-order valence-electron chi connectivity index (χ1n) is 8.02. The summed E-state index contributed by atoms with van der Waals surface area (Å²) in [6.07, 6.45) is 2.93. The minimum absolute atomic E-state index is 0.0360. The van der Waals surface area contributed by atoms with Gasteiger partial charge in [-0.05, 0) is 38.5 Å². The molecule has 2 aromatic heterocycles. The summed E-state index contributed by atoms with van der Waals surface area (Å²) in [6, 6.07) is 2.90. The molecule has 26 heavy (non-hydrogen) atoms. The quantitative estimate of drug-likeness (QED) is 0.652. The fraction of sp³-hybridized carbons (Fsp3) is 0.278. The third kappa shape index (κ3) is 3.68. The number of nitrogens with zero attached hydrogens (tertiary/aromatic N) is 2. The monoisotopic (exact) mass is 375 g/mol. The number of rotatable bonds is 4. The molecule has 0 radical (unpaired) electrons. The standard InChI is InChI=1S/C18H19ClFN5O/c1-9-10-4-12(20)11(19)5-13(10)25-16(9)14-6-22-7-15(24-14)17(26)23-8-18(2,3)21/h4-7,25H,8,21H2,1-3H3,(H,23,26). The SMILES string of the molecule is Cc1c(-c2cncc(C(=O)NCC(C)(C)N)n2)[nH]c2cc(Cl)c(F)cc12. The van der Waals surface area contributed by atoms with Gasteiger partial charge in [0.25, 0.3) is 5.91 Å². The van der Waals surface area contributed by atoms with Crippen molar-refractivity contribution in [2.45, 2.75) is 26.3 Å². The number of hydrogen-bond acceptors (Lipinski definition) is 4. The van der Waals surface area contributed by atoms with E-state index in [2.05, 4.69) is 20.3 Å². The Kier molecular flexibility index (Phi) is 4.68. The summed E-state index contributed by atoms with van der Waals surface area (Å²) < 4.78 is 13.8. The number of amides is 1. The van der Waals surface area contributed by atoms with Crippen molar-refractivity contribution in [2.75, 3.05) is 6.54 Å². The van der Waals surface area contributed by atoms with E-state index in [-0.39, 0.29) is 16.6 Å². The molecule has 4 N–H and O–H groups in total. The van der Waals surface area contributed by atoms with Gasteiger partial charge < -0.3 is 16.0 Å². The smallest absolute Gasteiger partial charge is 0.271 e. The zero-order valence-electron chi connectivity index (χ0n) is 14.7. The number of carbonyl (C=O) groups is 1. The number of aromatic amines is 1. The summed E-state index contributed by atoms with van der Waals surface area (Å²) in [5, 5.41) is 3.46. The molecule has 1 amide bonds. The van der Waals surface area contributed by atoms with Crippen molar-refractivity contribution in [3.05, 3.63) is 46.6 Å². The highest BCUT2D eigenvalue weighted by Gasteiger charge is 2.17. The van der Waals surface area contributed by atoms with Crippen molar-refractivity contribution in [3.8, 4) is 11.4 Å². The van der Waals surface area contributed by atoms with Crippen LogP contribution in [0, 0.1) is 12.7 Å². The fourth-order valence-electron chi connectivity index (χ4n) is 2.57. The highest BCUT2D eigenvalue weighted by Crippen LogP contribution is 2.31. The molecule has 8 heteroatoms. The van der Waals surface area contributed by atoms with Crippen LogP contribution >= 0.6 is 11.6 Å². The molecular weight excluding hydrogens is 357 g/mol. The zero-order valence-corrected chi connectivity index (χ0v) is 15.4. The number of aromatic nitrogens is 3. The Labute approximate surface area is 155 Å². The molecule has 0 aliphatic carbocycles. The van der Waals surface area contributed by atoms with Crippen molar-refractivity contribution in [2.24, 2.45) is 5.73 Å².